The molecule has 3 aromatic rings. The SMILES string of the molecule is CC(C)(C)c1ccc(Oc2ccc(NC(=O)CCCC(=O)OCC(=O)Nc3ccccc3C(F)(F)F)cc2)cc1. The monoisotopic (exact) mass is 556 g/mol. The van der Waals surface area contributed by atoms with Crippen LogP contribution in [0.25, 0.3) is 0 Å². The van der Waals surface area contributed by atoms with E-state index in [0.29, 0.717) is 17.2 Å². The average Bonchev–Trinajstić information content (AvgIpc) is 2.88. The van der Waals surface area contributed by atoms with Crippen LogP contribution in [0, 0.1) is 0 Å². The summed E-state index contributed by atoms with van der Waals surface area (Å²) in [4.78, 5) is 36.0. The Morgan fingerprint density at radius 1 is 0.750 bits per heavy atom. The van der Waals surface area contributed by atoms with Crippen LogP contribution >= 0.6 is 0 Å². The van der Waals surface area contributed by atoms with Crippen LogP contribution in [0.2, 0.25) is 0 Å². The van der Waals surface area contributed by atoms with Gasteiger partial charge in [-0.3, -0.25) is 14.4 Å². The number of alkyl halides is 3. The fourth-order valence-electron chi connectivity index (χ4n) is 3.63. The molecule has 0 saturated carbocycles. The van der Waals surface area contributed by atoms with E-state index in [-0.39, 0.29) is 30.6 Å². The fraction of sp³-hybridized carbons (Fsp3) is 0.300. The maximum Gasteiger partial charge on any atom is 0.418 e. The summed E-state index contributed by atoms with van der Waals surface area (Å²) in [6, 6.07) is 19.2. The second-order valence-corrected chi connectivity index (χ2v) is 10.1. The zero-order chi connectivity index (χ0) is 29.3. The normalized spacial score (nSPS) is 11.4. The number of amides is 2. The minimum absolute atomic E-state index is 0.0264. The molecule has 0 bridgehead atoms. The van der Waals surface area contributed by atoms with Gasteiger partial charge in [0.05, 0.1) is 11.3 Å². The lowest BCUT2D eigenvalue weighted by atomic mass is 9.87. The quantitative estimate of drug-likeness (QED) is 0.260. The van der Waals surface area contributed by atoms with Gasteiger partial charge < -0.3 is 20.1 Å². The summed E-state index contributed by atoms with van der Waals surface area (Å²) in [6.07, 6.45) is -4.59. The van der Waals surface area contributed by atoms with Gasteiger partial charge in [0.15, 0.2) is 6.61 Å². The number of ether oxygens (including phenoxy) is 2. The maximum atomic E-state index is 13.0. The predicted octanol–water partition coefficient (Wildman–Crippen LogP) is 7.09. The van der Waals surface area contributed by atoms with E-state index in [1.54, 1.807) is 24.3 Å². The molecule has 0 heterocycles. The van der Waals surface area contributed by atoms with Crippen molar-refractivity contribution in [2.75, 3.05) is 17.2 Å². The van der Waals surface area contributed by atoms with Gasteiger partial charge in [0.25, 0.3) is 5.91 Å². The Hall–Kier alpha value is -4.34. The lowest BCUT2D eigenvalue weighted by Gasteiger charge is -2.19. The molecule has 0 saturated heterocycles. The lowest BCUT2D eigenvalue weighted by Crippen LogP contribution is -2.22. The number of para-hydroxylation sites is 1. The molecule has 0 spiro atoms. The molecule has 10 heteroatoms. The minimum Gasteiger partial charge on any atom is -0.457 e. The summed E-state index contributed by atoms with van der Waals surface area (Å²) in [5, 5.41) is 4.81. The van der Waals surface area contributed by atoms with E-state index < -0.39 is 35.9 Å². The highest BCUT2D eigenvalue weighted by Gasteiger charge is 2.33. The van der Waals surface area contributed by atoms with Crippen LogP contribution in [0.4, 0.5) is 24.5 Å². The van der Waals surface area contributed by atoms with Gasteiger partial charge in [-0.1, -0.05) is 45.0 Å². The minimum atomic E-state index is -4.64. The Labute approximate surface area is 230 Å². The van der Waals surface area contributed by atoms with Gasteiger partial charge >= 0.3 is 12.1 Å². The molecule has 2 N–H and O–H groups in total. The molecule has 0 aromatic heterocycles. The van der Waals surface area contributed by atoms with Gasteiger partial charge in [-0.2, -0.15) is 13.2 Å². The first-order valence-corrected chi connectivity index (χ1v) is 12.6. The number of carbonyl (C=O) groups is 3. The highest BCUT2D eigenvalue weighted by molar-refractivity contribution is 5.94. The van der Waals surface area contributed by atoms with Crippen LogP contribution < -0.4 is 15.4 Å². The third-order valence-corrected chi connectivity index (χ3v) is 5.75. The van der Waals surface area contributed by atoms with Crippen molar-refractivity contribution >= 4 is 29.2 Å². The maximum absolute atomic E-state index is 13.0. The van der Waals surface area contributed by atoms with Gasteiger partial charge in [0, 0.05) is 18.5 Å². The molecular formula is C30H31F3N2O5. The van der Waals surface area contributed by atoms with Crippen LogP contribution in [-0.4, -0.2) is 24.4 Å². The van der Waals surface area contributed by atoms with Crippen molar-refractivity contribution in [2.24, 2.45) is 0 Å². The first kappa shape index (κ1) is 30.2. The summed E-state index contributed by atoms with van der Waals surface area (Å²) >= 11 is 0. The van der Waals surface area contributed by atoms with E-state index in [1.807, 2.05) is 24.3 Å². The highest BCUT2D eigenvalue weighted by atomic mass is 19.4. The third kappa shape index (κ3) is 9.44. The molecule has 3 rings (SSSR count). The van der Waals surface area contributed by atoms with Gasteiger partial charge in [0.2, 0.25) is 5.91 Å². The van der Waals surface area contributed by atoms with Gasteiger partial charge in [-0.05, 0) is 65.9 Å². The fourth-order valence-corrected chi connectivity index (χ4v) is 3.63. The molecule has 0 fully saturated rings. The van der Waals surface area contributed by atoms with Crippen LogP contribution in [-0.2, 0) is 30.7 Å². The van der Waals surface area contributed by atoms with Gasteiger partial charge in [0.1, 0.15) is 11.5 Å². The van der Waals surface area contributed by atoms with Crippen LogP contribution in [0.15, 0.2) is 72.8 Å². The van der Waals surface area contributed by atoms with Gasteiger partial charge in [-0.25, -0.2) is 0 Å². The van der Waals surface area contributed by atoms with E-state index >= 15 is 0 Å². The second-order valence-electron chi connectivity index (χ2n) is 10.1. The van der Waals surface area contributed by atoms with Crippen molar-refractivity contribution in [3.63, 3.8) is 0 Å². The van der Waals surface area contributed by atoms with Crippen molar-refractivity contribution in [2.45, 2.75) is 51.6 Å². The standard InChI is InChI=1S/C30H31F3N2O5/c1-29(2,3)20-11-15-22(16-12-20)40-23-17-13-21(14-18-23)34-26(36)9-6-10-28(38)39-19-27(37)35-25-8-5-4-7-24(25)30(31,32)33/h4-5,7-8,11-18H,6,9-10,19H2,1-3H3,(H,34,36)(H,35,37). The number of esters is 1. The van der Waals surface area contributed by atoms with Crippen LogP contribution in [0.1, 0.15) is 51.2 Å². The Kier molecular flexibility index (Phi) is 9.93. The molecule has 212 valence electrons. The number of nitrogens with one attached hydrogen (secondary N) is 2. The predicted molar refractivity (Wildman–Crippen MR) is 145 cm³/mol. The van der Waals surface area contributed by atoms with Crippen LogP contribution in [0.5, 0.6) is 11.5 Å². The number of hydrogen-bond donors (Lipinski definition) is 2. The van der Waals surface area contributed by atoms with E-state index in [0.717, 1.165) is 12.1 Å². The zero-order valence-corrected chi connectivity index (χ0v) is 22.4. The number of halogens is 3. The number of rotatable bonds is 10. The summed E-state index contributed by atoms with van der Waals surface area (Å²) in [6.45, 7) is 5.66. The molecule has 0 radical (unpaired) electrons. The number of carbonyl (C=O) groups excluding carboxylic acids is 3. The molecule has 0 aliphatic heterocycles. The molecule has 0 atom stereocenters. The number of anilines is 2. The first-order valence-electron chi connectivity index (χ1n) is 12.6. The zero-order valence-electron chi connectivity index (χ0n) is 22.4. The molecule has 40 heavy (non-hydrogen) atoms. The average molecular weight is 557 g/mol. The third-order valence-electron chi connectivity index (χ3n) is 5.75. The van der Waals surface area contributed by atoms with E-state index in [1.165, 1.54) is 17.7 Å². The van der Waals surface area contributed by atoms with E-state index in [9.17, 15) is 27.6 Å². The first-order chi connectivity index (χ1) is 18.8. The smallest absolute Gasteiger partial charge is 0.418 e. The van der Waals surface area contributed by atoms with E-state index in [2.05, 4.69) is 31.4 Å². The Balaban J connectivity index is 1.36. The lowest BCUT2D eigenvalue weighted by molar-refractivity contribution is -0.147. The summed E-state index contributed by atoms with van der Waals surface area (Å²) in [5.41, 5.74) is 0.364. The highest BCUT2D eigenvalue weighted by Crippen LogP contribution is 2.34. The Morgan fingerprint density at radius 2 is 1.35 bits per heavy atom. The molecule has 2 amide bonds. The molecule has 0 aliphatic carbocycles. The van der Waals surface area contributed by atoms with Crippen LogP contribution in [0.3, 0.4) is 0 Å². The summed E-state index contributed by atoms with van der Waals surface area (Å²) in [5.74, 6) is -0.669. The Morgan fingerprint density at radius 3 is 1.95 bits per heavy atom. The molecule has 3 aromatic carbocycles. The Bertz CT molecular complexity index is 1310. The molecular weight excluding hydrogens is 525 g/mol. The summed E-state index contributed by atoms with van der Waals surface area (Å²) < 4.78 is 49.7. The second kappa shape index (κ2) is 13.1. The number of hydrogen-bond acceptors (Lipinski definition) is 5. The van der Waals surface area contributed by atoms with Crippen molar-refractivity contribution in [1.29, 1.82) is 0 Å². The van der Waals surface area contributed by atoms with Crippen molar-refractivity contribution in [3.8, 4) is 11.5 Å². The van der Waals surface area contributed by atoms with Gasteiger partial charge in [-0.15, -0.1) is 0 Å². The molecule has 7 nitrogen and oxygen atoms in total. The molecule has 0 unspecified atom stereocenters. The number of benzene rings is 3. The molecule has 0 aliphatic rings. The summed E-state index contributed by atoms with van der Waals surface area (Å²) in [7, 11) is 0. The van der Waals surface area contributed by atoms with E-state index in [4.69, 9.17) is 9.47 Å². The van der Waals surface area contributed by atoms with Crippen molar-refractivity contribution in [1.82, 2.24) is 0 Å². The van der Waals surface area contributed by atoms with Crippen molar-refractivity contribution in [3.05, 3.63) is 83.9 Å². The largest absolute Gasteiger partial charge is 0.457 e. The van der Waals surface area contributed by atoms with Crippen molar-refractivity contribution < 1.29 is 37.0 Å². The topological polar surface area (TPSA) is 93.7 Å².